The van der Waals surface area contributed by atoms with Crippen LogP contribution in [0.4, 0.5) is 5.69 Å². The van der Waals surface area contributed by atoms with Crippen LogP contribution in [0.2, 0.25) is 0 Å². The zero-order chi connectivity index (χ0) is 13.1. The van der Waals surface area contributed by atoms with Crippen LogP contribution >= 0.6 is 0 Å². The molecular formula is C11H19N3O2S. The largest absolute Gasteiger partial charge is 0.398 e. The van der Waals surface area contributed by atoms with Gasteiger partial charge < -0.3 is 5.73 Å². The van der Waals surface area contributed by atoms with Crippen LogP contribution in [0.5, 0.6) is 0 Å². The topological polar surface area (TPSA) is 76.3 Å². The average Bonchev–Trinajstić information content (AvgIpc) is 2.25. The van der Waals surface area contributed by atoms with E-state index in [1.807, 2.05) is 20.8 Å². The summed E-state index contributed by atoms with van der Waals surface area (Å²) >= 11 is 0. The molecule has 0 atom stereocenters. The van der Waals surface area contributed by atoms with E-state index >= 15 is 0 Å². The summed E-state index contributed by atoms with van der Waals surface area (Å²) in [6.45, 7) is 6.67. The molecule has 0 aliphatic carbocycles. The molecule has 1 rings (SSSR count). The Labute approximate surface area is 103 Å². The molecule has 0 fully saturated rings. The minimum Gasteiger partial charge on any atom is -0.398 e. The van der Waals surface area contributed by atoms with Gasteiger partial charge in [0.05, 0.1) is 5.69 Å². The van der Waals surface area contributed by atoms with Gasteiger partial charge in [-0.2, -0.15) is 4.31 Å². The Kier molecular flexibility index (Phi) is 4.47. The van der Waals surface area contributed by atoms with E-state index in [9.17, 15) is 8.42 Å². The second-order valence-corrected chi connectivity index (χ2v) is 6.17. The average molecular weight is 257 g/mol. The van der Waals surface area contributed by atoms with E-state index in [1.165, 1.54) is 22.8 Å². The number of pyridine rings is 1. The van der Waals surface area contributed by atoms with Crippen molar-refractivity contribution in [2.75, 3.05) is 18.8 Å². The summed E-state index contributed by atoms with van der Waals surface area (Å²) < 4.78 is 26.1. The molecule has 0 aliphatic heterocycles. The van der Waals surface area contributed by atoms with Gasteiger partial charge in [-0.25, -0.2) is 8.42 Å². The highest BCUT2D eigenvalue weighted by molar-refractivity contribution is 7.89. The van der Waals surface area contributed by atoms with E-state index in [-0.39, 0.29) is 16.5 Å². The molecule has 17 heavy (non-hydrogen) atoms. The van der Waals surface area contributed by atoms with Gasteiger partial charge in [-0.05, 0) is 12.0 Å². The summed E-state index contributed by atoms with van der Waals surface area (Å²) in [6.07, 6.45) is 2.78. The molecule has 0 radical (unpaired) electrons. The molecule has 0 saturated carbocycles. The van der Waals surface area contributed by atoms with Gasteiger partial charge >= 0.3 is 0 Å². The fourth-order valence-corrected chi connectivity index (χ4v) is 3.22. The number of nitrogens with zero attached hydrogens (tertiary/aromatic N) is 2. The number of hydrogen-bond acceptors (Lipinski definition) is 4. The first kappa shape index (κ1) is 13.9. The van der Waals surface area contributed by atoms with Crippen LogP contribution in [0.3, 0.4) is 0 Å². The number of sulfonamides is 1. The van der Waals surface area contributed by atoms with Crippen molar-refractivity contribution >= 4 is 15.7 Å². The van der Waals surface area contributed by atoms with Gasteiger partial charge in [-0.15, -0.1) is 0 Å². The van der Waals surface area contributed by atoms with Gasteiger partial charge in [0.15, 0.2) is 0 Å². The normalized spacial score (nSPS) is 12.3. The van der Waals surface area contributed by atoms with Gasteiger partial charge in [0.25, 0.3) is 0 Å². The predicted molar refractivity (Wildman–Crippen MR) is 67.9 cm³/mol. The minimum atomic E-state index is -3.53. The van der Waals surface area contributed by atoms with Crippen LogP contribution in [0.1, 0.15) is 20.8 Å². The summed E-state index contributed by atoms with van der Waals surface area (Å²) in [4.78, 5) is 3.91. The second kappa shape index (κ2) is 5.46. The molecule has 0 aromatic carbocycles. The Morgan fingerprint density at radius 2 is 2.12 bits per heavy atom. The van der Waals surface area contributed by atoms with E-state index < -0.39 is 10.0 Å². The van der Waals surface area contributed by atoms with Gasteiger partial charge in [0.1, 0.15) is 4.90 Å². The van der Waals surface area contributed by atoms with Crippen molar-refractivity contribution < 1.29 is 8.42 Å². The fourth-order valence-electron chi connectivity index (χ4n) is 1.55. The first-order valence-corrected chi connectivity index (χ1v) is 7.03. The van der Waals surface area contributed by atoms with Crippen LogP contribution in [-0.2, 0) is 10.0 Å². The highest BCUT2D eigenvalue weighted by Crippen LogP contribution is 2.21. The monoisotopic (exact) mass is 257 g/mol. The maximum Gasteiger partial charge on any atom is 0.246 e. The third-order valence-corrected chi connectivity index (χ3v) is 4.34. The molecule has 0 amide bonds. The third kappa shape index (κ3) is 3.17. The zero-order valence-corrected chi connectivity index (χ0v) is 11.2. The van der Waals surface area contributed by atoms with Crippen LogP contribution in [0, 0.1) is 5.92 Å². The highest BCUT2D eigenvalue weighted by Gasteiger charge is 2.25. The van der Waals surface area contributed by atoms with Crippen LogP contribution < -0.4 is 5.73 Å². The zero-order valence-electron chi connectivity index (χ0n) is 10.4. The number of nitrogens with two attached hydrogens (primary N) is 1. The third-order valence-electron chi connectivity index (χ3n) is 2.36. The first-order valence-electron chi connectivity index (χ1n) is 5.59. The van der Waals surface area contributed by atoms with E-state index in [0.717, 1.165) is 0 Å². The number of hydrogen-bond donors (Lipinski definition) is 1. The van der Waals surface area contributed by atoms with Crippen molar-refractivity contribution in [3.8, 4) is 0 Å². The number of rotatable bonds is 5. The number of anilines is 1. The summed E-state index contributed by atoms with van der Waals surface area (Å²) in [7, 11) is -3.53. The minimum absolute atomic E-state index is 0.0856. The van der Waals surface area contributed by atoms with Crippen molar-refractivity contribution in [2.24, 2.45) is 5.92 Å². The first-order chi connectivity index (χ1) is 7.89. The number of nitrogen functional groups attached to an aromatic ring is 1. The van der Waals surface area contributed by atoms with E-state index in [1.54, 1.807) is 0 Å². The van der Waals surface area contributed by atoms with Gasteiger partial charge in [0, 0.05) is 25.5 Å². The Balaban J connectivity index is 3.14. The Morgan fingerprint density at radius 3 is 2.59 bits per heavy atom. The lowest BCUT2D eigenvalue weighted by molar-refractivity contribution is 0.381. The lowest BCUT2D eigenvalue weighted by atomic mass is 10.2. The van der Waals surface area contributed by atoms with Crippen molar-refractivity contribution in [1.82, 2.24) is 9.29 Å². The summed E-state index contributed by atoms with van der Waals surface area (Å²) in [6, 6.07) is 1.50. The Morgan fingerprint density at radius 1 is 1.47 bits per heavy atom. The molecule has 0 bridgehead atoms. The summed E-state index contributed by atoms with van der Waals surface area (Å²) in [5, 5.41) is 0. The van der Waals surface area contributed by atoms with Crippen molar-refractivity contribution in [1.29, 1.82) is 0 Å². The molecule has 96 valence electrons. The van der Waals surface area contributed by atoms with Gasteiger partial charge in [-0.1, -0.05) is 20.8 Å². The van der Waals surface area contributed by atoms with Crippen LogP contribution in [0.15, 0.2) is 23.4 Å². The Bertz CT molecular complexity index is 471. The lowest BCUT2D eigenvalue weighted by Crippen LogP contribution is -2.34. The molecule has 0 saturated heterocycles. The maximum absolute atomic E-state index is 12.3. The van der Waals surface area contributed by atoms with Crippen molar-refractivity contribution in [2.45, 2.75) is 25.7 Å². The second-order valence-electron chi connectivity index (χ2n) is 4.26. The van der Waals surface area contributed by atoms with Crippen LogP contribution in [0.25, 0.3) is 0 Å². The summed E-state index contributed by atoms with van der Waals surface area (Å²) in [5.74, 6) is 0.266. The lowest BCUT2D eigenvalue weighted by Gasteiger charge is -2.22. The summed E-state index contributed by atoms with van der Waals surface area (Å²) in [5.41, 5.74) is 5.92. The van der Waals surface area contributed by atoms with Crippen LogP contribution in [-0.4, -0.2) is 30.8 Å². The molecule has 0 spiro atoms. The Hall–Kier alpha value is -1.14. The van der Waals surface area contributed by atoms with E-state index in [4.69, 9.17) is 5.73 Å². The fraction of sp³-hybridized carbons (Fsp3) is 0.545. The smallest absolute Gasteiger partial charge is 0.246 e. The maximum atomic E-state index is 12.3. The molecule has 0 unspecified atom stereocenters. The van der Waals surface area contributed by atoms with E-state index in [0.29, 0.717) is 13.1 Å². The molecule has 0 aliphatic rings. The molecule has 2 N–H and O–H groups in total. The molecule has 6 heteroatoms. The molecule has 1 heterocycles. The predicted octanol–water partition coefficient (Wildman–Crippen LogP) is 1.33. The molecule has 5 nitrogen and oxygen atoms in total. The number of aromatic nitrogens is 1. The van der Waals surface area contributed by atoms with E-state index in [2.05, 4.69) is 4.98 Å². The molecular weight excluding hydrogens is 238 g/mol. The standard InChI is InChI=1S/C11H19N3O2S/c1-4-14(8-9(2)3)17(15,16)11-7-13-6-5-10(11)12/h5-7,9H,4,8H2,1-3H3,(H2,12,13). The van der Waals surface area contributed by atoms with Gasteiger partial charge in [0.2, 0.25) is 10.0 Å². The van der Waals surface area contributed by atoms with Crippen molar-refractivity contribution in [3.05, 3.63) is 18.5 Å². The molecule has 1 aromatic rings. The quantitative estimate of drug-likeness (QED) is 0.863. The highest BCUT2D eigenvalue weighted by atomic mass is 32.2. The van der Waals surface area contributed by atoms with Gasteiger partial charge in [-0.3, -0.25) is 4.98 Å². The molecule has 1 aromatic heterocycles. The SMILES string of the molecule is CCN(CC(C)C)S(=O)(=O)c1cnccc1N. The van der Waals surface area contributed by atoms with Crippen molar-refractivity contribution in [3.63, 3.8) is 0 Å².